The molecule has 1 saturated heterocycles. The second-order valence-corrected chi connectivity index (χ2v) is 9.52. The molecule has 4 heterocycles. The zero-order valence-corrected chi connectivity index (χ0v) is 21.2. The first kappa shape index (κ1) is 24.5. The number of nitriles is 1. The third-order valence-electron chi connectivity index (χ3n) is 6.18. The maximum absolute atomic E-state index is 11.2. The Balaban J connectivity index is 1.54. The lowest BCUT2D eigenvalue weighted by molar-refractivity contribution is 0.0702. The Morgan fingerprint density at radius 2 is 1.97 bits per heavy atom. The fourth-order valence-electron chi connectivity index (χ4n) is 4.33. The van der Waals surface area contributed by atoms with E-state index >= 15 is 0 Å². The van der Waals surface area contributed by atoms with Gasteiger partial charge in [0, 0.05) is 41.0 Å². The predicted molar refractivity (Wildman–Crippen MR) is 138 cm³/mol. The Morgan fingerprint density at radius 1 is 1.22 bits per heavy atom. The fourth-order valence-corrected chi connectivity index (χ4v) is 5.06. The number of nitrogens with zero attached hydrogens (tertiary/aromatic N) is 4. The number of rotatable bonds is 7. The number of ether oxygens (including phenoxy) is 2. The highest BCUT2D eigenvalue weighted by Crippen LogP contribution is 2.37. The van der Waals surface area contributed by atoms with Crippen LogP contribution in [0.5, 0.6) is 5.88 Å². The largest absolute Gasteiger partial charge is 0.477 e. The molecule has 1 aliphatic rings. The Bertz CT molecular complexity index is 1460. The van der Waals surface area contributed by atoms with Gasteiger partial charge in [-0.2, -0.15) is 5.26 Å². The molecule has 1 aromatic carbocycles. The highest BCUT2D eigenvalue weighted by Gasteiger charge is 2.22. The summed E-state index contributed by atoms with van der Waals surface area (Å²) in [7, 11) is 0. The molecule has 0 saturated carbocycles. The number of benzene rings is 1. The molecule has 0 aliphatic carbocycles. The van der Waals surface area contributed by atoms with Gasteiger partial charge in [-0.1, -0.05) is 17.3 Å². The summed E-state index contributed by atoms with van der Waals surface area (Å²) in [5.41, 5.74) is 5.55. The summed E-state index contributed by atoms with van der Waals surface area (Å²) < 4.78 is 16.8. The molecule has 4 aromatic rings. The number of carbonyl (C=O) groups is 1. The summed E-state index contributed by atoms with van der Waals surface area (Å²) in [6.07, 6.45) is 0. The fraction of sp³-hybridized carbons (Fsp3) is 0.259. The summed E-state index contributed by atoms with van der Waals surface area (Å²) in [5, 5.41) is 25.1. The molecule has 9 nitrogen and oxygen atoms in total. The molecule has 10 heteroatoms. The van der Waals surface area contributed by atoms with E-state index in [1.54, 1.807) is 18.4 Å². The van der Waals surface area contributed by atoms with Crippen molar-refractivity contribution in [2.24, 2.45) is 0 Å². The van der Waals surface area contributed by atoms with E-state index < -0.39 is 5.97 Å². The molecule has 0 amide bonds. The number of morpholine rings is 1. The molecular formula is C27H24N4O5S. The van der Waals surface area contributed by atoms with Crippen molar-refractivity contribution in [2.45, 2.75) is 20.5 Å². The van der Waals surface area contributed by atoms with Gasteiger partial charge in [0.15, 0.2) is 0 Å². The molecular weight excluding hydrogens is 492 g/mol. The number of hydrogen-bond donors (Lipinski definition) is 1. The molecule has 1 fully saturated rings. The summed E-state index contributed by atoms with van der Waals surface area (Å²) in [6, 6.07) is 13.7. The summed E-state index contributed by atoms with van der Waals surface area (Å²) in [6.45, 7) is 6.79. The number of aromatic carboxylic acids is 1. The van der Waals surface area contributed by atoms with Gasteiger partial charge in [0.25, 0.3) is 0 Å². The molecule has 3 aromatic heterocycles. The van der Waals surface area contributed by atoms with Crippen molar-refractivity contribution in [3.63, 3.8) is 0 Å². The SMILES string of the molecule is Cc1noc(C)c1-c1cc(-c2ccc(N3CCOCC3)cc2)nc(OCc2csc(C(=O)O)c2)c1C#N. The number of carboxylic acid groups (broad SMARTS) is 1. The molecule has 0 spiro atoms. The quantitative estimate of drug-likeness (QED) is 0.359. The van der Waals surface area contributed by atoms with Crippen LogP contribution in [0.2, 0.25) is 0 Å². The summed E-state index contributed by atoms with van der Waals surface area (Å²) in [4.78, 5) is 18.4. The van der Waals surface area contributed by atoms with Crippen molar-refractivity contribution in [1.82, 2.24) is 10.1 Å². The van der Waals surface area contributed by atoms with Crippen LogP contribution in [-0.2, 0) is 11.3 Å². The number of hydrogen-bond acceptors (Lipinski definition) is 9. The van der Waals surface area contributed by atoms with Crippen LogP contribution in [0.3, 0.4) is 0 Å². The minimum atomic E-state index is -0.990. The predicted octanol–water partition coefficient (Wildman–Crippen LogP) is 5.07. The van der Waals surface area contributed by atoms with Gasteiger partial charge in [0.05, 0.1) is 24.6 Å². The van der Waals surface area contributed by atoms with Gasteiger partial charge in [0.1, 0.15) is 28.9 Å². The number of pyridine rings is 1. The molecule has 0 bridgehead atoms. The third kappa shape index (κ3) is 5.05. The van der Waals surface area contributed by atoms with Crippen LogP contribution in [-0.4, -0.2) is 47.5 Å². The number of aryl methyl sites for hydroxylation is 2. The molecule has 1 N–H and O–H groups in total. The molecule has 1 aliphatic heterocycles. The Kier molecular flexibility index (Phi) is 6.90. The van der Waals surface area contributed by atoms with Gasteiger partial charge < -0.3 is 24.0 Å². The molecule has 0 unspecified atom stereocenters. The van der Waals surface area contributed by atoms with E-state index in [2.05, 4.69) is 28.3 Å². The molecule has 37 heavy (non-hydrogen) atoms. The van der Waals surface area contributed by atoms with Gasteiger partial charge in [-0.05, 0) is 43.5 Å². The summed E-state index contributed by atoms with van der Waals surface area (Å²) >= 11 is 1.12. The van der Waals surface area contributed by atoms with Gasteiger partial charge >= 0.3 is 5.97 Å². The van der Waals surface area contributed by atoms with Crippen LogP contribution in [0, 0.1) is 25.2 Å². The highest BCUT2D eigenvalue weighted by atomic mass is 32.1. The van der Waals surface area contributed by atoms with Crippen LogP contribution in [0.25, 0.3) is 22.4 Å². The molecule has 0 radical (unpaired) electrons. The second-order valence-electron chi connectivity index (χ2n) is 8.61. The van der Waals surface area contributed by atoms with Crippen molar-refractivity contribution in [1.29, 1.82) is 5.26 Å². The topological polar surface area (TPSA) is 122 Å². The molecule has 0 atom stereocenters. The number of anilines is 1. The van der Waals surface area contributed by atoms with Crippen molar-refractivity contribution in [2.75, 3.05) is 31.2 Å². The molecule has 5 rings (SSSR count). The lowest BCUT2D eigenvalue weighted by Gasteiger charge is -2.28. The van der Waals surface area contributed by atoms with Crippen LogP contribution in [0.1, 0.15) is 32.3 Å². The Labute approximate surface area is 217 Å². The first-order valence-electron chi connectivity index (χ1n) is 11.7. The Hall–Kier alpha value is -4.20. The van der Waals surface area contributed by atoms with E-state index in [9.17, 15) is 15.2 Å². The average molecular weight is 517 g/mol. The maximum Gasteiger partial charge on any atom is 0.345 e. The average Bonchev–Trinajstić information content (AvgIpc) is 3.53. The zero-order chi connectivity index (χ0) is 25.9. The van der Waals surface area contributed by atoms with Crippen LogP contribution in [0.15, 0.2) is 46.3 Å². The zero-order valence-electron chi connectivity index (χ0n) is 20.4. The van der Waals surface area contributed by atoms with Gasteiger partial charge in [-0.25, -0.2) is 9.78 Å². The van der Waals surface area contributed by atoms with Crippen molar-refractivity contribution in [3.05, 3.63) is 69.2 Å². The van der Waals surface area contributed by atoms with Gasteiger partial charge in [-0.15, -0.1) is 11.3 Å². The van der Waals surface area contributed by atoms with Crippen LogP contribution < -0.4 is 9.64 Å². The second kappa shape index (κ2) is 10.4. The van der Waals surface area contributed by atoms with Crippen molar-refractivity contribution < 1.29 is 23.9 Å². The normalized spacial score (nSPS) is 13.4. The maximum atomic E-state index is 11.2. The van der Waals surface area contributed by atoms with Crippen LogP contribution >= 0.6 is 11.3 Å². The van der Waals surface area contributed by atoms with Gasteiger partial charge in [0.2, 0.25) is 5.88 Å². The lowest BCUT2D eigenvalue weighted by Crippen LogP contribution is -2.36. The first-order valence-corrected chi connectivity index (χ1v) is 12.6. The van der Waals surface area contributed by atoms with Crippen LogP contribution in [0.4, 0.5) is 5.69 Å². The Morgan fingerprint density at radius 3 is 2.59 bits per heavy atom. The van der Waals surface area contributed by atoms with E-state index in [0.717, 1.165) is 41.2 Å². The minimum absolute atomic E-state index is 0.0753. The van der Waals surface area contributed by atoms with E-state index in [-0.39, 0.29) is 22.9 Å². The monoisotopic (exact) mass is 516 g/mol. The minimum Gasteiger partial charge on any atom is -0.477 e. The number of carboxylic acids is 1. The standard InChI is InChI=1S/C27H24N4O5S/c1-16-25(17(2)36-30-16)21-12-23(19-3-5-20(6-4-19)31-7-9-34-10-8-31)29-26(22(21)13-28)35-14-18-11-24(27(32)33)37-15-18/h3-6,11-12,15H,7-10,14H2,1-2H3,(H,32,33). The number of thiophene rings is 1. The lowest BCUT2D eigenvalue weighted by atomic mass is 9.97. The van der Waals surface area contributed by atoms with Gasteiger partial charge in [-0.3, -0.25) is 0 Å². The highest BCUT2D eigenvalue weighted by molar-refractivity contribution is 7.12. The summed E-state index contributed by atoms with van der Waals surface area (Å²) in [5.74, 6) is -0.241. The van der Waals surface area contributed by atoms with E-state index in [4.69, 9.17) is 19.0 Å². The van der Waals surface area contributed by atoms with Crippen molar-refractivity contribution in [3.8, 4) is 34.3 Å². The first-order chi connectivity index (χ1) is 17.9. The van der Waals surface area contributed by atoms with E-state index in [1.165, 1.54) is 0 Å². The van der Waals surface area contributed by atoms with Crippen molar-refractivity contribution >= 4 is 23.0 Å². The number of aromatic nitrogens is 2. The third-order valence-corrected chi connectivity index (χ3v) is 7.15. The van der Waals surface area contributed by atoms with E-state index in [0.29, 0.717) is 41.5 Å². The molecule has 188 valence electrons. The van der Waals surface area contributed by atoms with E-state index in [1.807, 2.05) is 25.1 Å². The smallest absolute Gasteiger partial charge is 0.345 e.